The molecule has 1 saturated carbocycles. The molecule has 3 heteroatoms. The molecule has 0 amide bonds. The third-order valence-corrected chi connectivity index (χ3v) is 5.10. The molecule has 1 N–H and O–H groups in total. The predicted octanol–water partition coefficient (Wildman–Crippen LogP) is 4.28. The SMILES string of the molecule is CNCC1CCCCCC1c1sccc1Cl. The molecule has 1 aromatic rings. The fourth-order valence-electron chi connectivity index (χ4n) is 2.81. The first-order valence-corrected chi connectivity index (χ1v) is 7.46. The molecule has 2 atom stereocenters. The van der Waals surface area contributed by atoms with Crippen LogP contribution in [0.25, 0.3) is 0 Å². The van der Waals surface area contributed by atoms with E-state index in [-0.39, 0.29) is 0 Å². The highest BCUT2D eigenvalue weighted by atomic mass is 35.5. The van der Waals surface area contributed by atoms with Crippen LogP contribution in [0.5, 0.6) is 0 Å². The Hall–Kier alpha value is -0.0500. The van der Waals surface area contributed by atoms with Gasteiger partial charge in [-0.25, -0.2) is 0 Å². The number of thiophene rings is 1. The Morgan fingerprint density at radius 2 is 2.19 bits per heavy atom. The number of nitrogens with one attached hydrogen (secondary N) is 1. The van der Waals surface area contributed by atoms with Crippen LogP contribution < -0.4 is 5.32 Å². The van der Waals surface area contributed by atoms with E-state index >= 15 is 0 Å². The Bertz CT molecular complexity index is 323. The minimum absolute atomic E-state index is 0.683. The monoisotopic (exact) mass is 257 g/mol. The molecule has 2 unspecified atom stereocenters. The summed E-state index contributed by atoms with van der Waals surface area (Å²) in [6, 6.07) is 2.04. The van der Waals surface area contributed by atoms with Crippen molar-refractivity contribution in [2.24, 2.45) is 5.92 Å². The smallest absolute Gasteiger partial charge is 0.0547 e. The Morgan fingerprint density at radius 3 is 2.88 bits per heavy atom. The number of rotatable bonds is 3. The first-order chi connectivity index (χ1) is 7.83. The van der Waals surface area contributed by atoms with Crippen molar-refractivity contribution in [3.63, 3.8) is 0 Å². The molecule has 90 valence electrons. The van der Waals surface area contributed by atoms with Gasteiger partial charge in [-0.3, -0.25) is 0 Å². The van der Waals surface area contributed by atoms with Crippen LogP contribution in [0.2, 0.25) is 5.02 Å². The quantitative estimate of drug-likeness (QED) is 0.797. The minimum Gasteiger partial charge on any atom is -0.319 e. The lowest BCUT2D eigenvalue weighted by Crippen LogP contribution is -2.23. The zero-order valence-corrected chi connectivity index (χ0v) is 11.4. The molecule has 1 aliphatic rings. The molecule has 1 heterocycles. The van der Waals surface area contributed by atoms with Crippen LogP contribution >= 0.6 is 22.9 Å². The molecule has 0 aliphatic heterocycles. The van der Waals surface area contributed by atoms with Crippen LogP contribution in [-0.4, -0.2) is 13.6 Å². The highest BCUT2D eigenvalue weighted by Crippen LogP contribution is 2.41. The van der Waals surface area contributed by atoms with E-state index in [1.165, 1.54) is 37.0 Å². The van der Waals surface area contributed by atoms with Crippen LogP contribution in [0.1, 0.15) is 42.9 Å². The molecular formula is C13H20ClNS. The van der Waals surface area contributed by atoms with E-state index < -0.39 is 0 Å². The van der Waals surface area contributed by atoms with E-state index in [1.54, 1.807) is 0 Å². The molecule has 16 heavy (non-hydrogen) atoms. The Balaban J connectivity index is 2.17. The summed E-state index contributed by atoms with van der Waals surface area (Å²) in [4.78, 5) is 1.42. The zero-order chi connectivity index (χ0) is 11.4. The summed E-state index contributed by atoms with van der Waals surface area (Å²) in [7, 11) is 2.05. The van der Waals surface area contributed by atoms with Gasteiger partial charge in [0.2, 0.25) is 0 Å². The summed E-state index contributed by atoms with van der Waals surface area (Å²) in [5.74, 6) is 1.45. The second-order valence-corrected chi connectivity index (χ2v) is 6.05. The summed E-state index contributed by atoms with van der Waals surface area (Å²) in [6.45, 7) is 1.12. The second kappa shape index (κ2) is 6.04. The maximum absolute atomic E-state index is 6.28. The van der Waals surface area contributed by atoms with Gasteiger partial charge in [0.1, 0.15) is 0 Å². The van der Waals surface area contributed by atoms with E-state index in [0.29, 0.717) is 5.92 Å². The van der Waals surface area contributed by atoms with E-state index in [9.17, 15) is 0 Å². The zero-order valence-electron chi connectivity index (χ0n) is 9.84. The lowest BCUT2D eigenvalue weighted by molar-refractivity contribution is 0.390. The van der Waals surface area contributed by atoms with Crippen molar-refractivity contribution in [2.45, 2.75) is 38.0 Å². The van der Waals surface area contributed by atoms with Gasteiger partial charge in [0.25, 0.3) is 0 Å². The summed E-state index contributed by atoms with van der Waals surface area (Å²) < 4.78 is 0. The highest BCUT2D eigenvalue weighted by molar-refractivity contribution is 7.10. The standard InChI is InChI=1S/C13H20ClNS/c1-15-9-10-5-3-2-4-6-11(10)13-12(14)7-8-16-13/h7-8,10-11,15H,2-6,9H2,1H3. The van der Waals surface area contributed by atoms with Crippen LogP contribution in [0.3, 0.4) is 0 Å². The largest absolute Gasteiger partial charge is 0.319 e. The lowest BCUT2D eigenvalue weighted by atomic mass is 9.86. The molecule has 1 aliphatic carbocycles. The molecule has 0 bridgehead atoms. The molecule has 0 radical (unpaired) electrons. The first kappa shape index (κ1) is 12.4. The molecular weight excluding hydrogens is 238 g/mol. The summed E-state index contributed by atoms with van der Waals surface area (Å²) in [6.07, 6.45) is 6.79. The summed E-state index contributed by atoms with van der Waals surface area (Å²) >= 11 is 8.12. The molecule has 0 saturated heterocycles. The predicted molar refractivity (Wildman–Crippen MR) is 72.6 cm³/mol. The molecule has 1 aromatic heterocycles. The third-order valence-electron chi connectivity index (χ3n) is 3.61. The lowest BCUT2D eigenvalue weighted by Gasteiger charge is -2.24. The number of halogens is 1. The topological polar surface area (TPSA) is 12.0 Å². The van der Waals surface area contributed by atoms with Crippen molar-refractivity contribution in [1.29, 1.82) is 0 Å². The Kier molecular flexibility index (Phi) is 4.68. The van der Waals surface area contributed by atoms with Crippen molar-refractivity contribution in [2.75, 3.05) is 13.6 Å². The maximum Gasteiger partial charge on any atom is 0.0547 e. The second-order valence-electron chi connectivity index (χ2n) is 4.70. The van der Waals surface area contributed by atoms with Gasteiger partial charge in [-0.05, 0) is 49.7 Å². The van der Waals surface area contributed by atoms with Crippen LogP contribution in [-0.2, 0) is 0 Å². The number of hydrogen-bond acceptors (Lipinski definition) is 2. The highest BCUT2D eigenvalue weighted by Gasteiger charge is 2.26. The number of hydrogen-bond donors (Lipinski definition) is 1. The summed E-state index contributed by atoms with van der Waals surface area (Å²) in [5.41, 5.74) is 0. The van der Waals surface area contributed by atoms with Crippen molar-refractivity contribution < 1.29 is 0 Å². The Labute approximate surface area is 107 Å². The fourth-order valence-corrected chi connectivity index (χ4v) is 4.23. The van der Waals surface area contributed by atoms with Crippen LogP contribution in [0, 0.1) is 5.92 Å². The molecule has 2 rings (SSSR count). The van der Waals surface area contributed by atoms with Gasteiger partial charge in [0.05, 0.1) is 5.02 Å². The first-order valence-electron chi connectivity index (χ1n) is 6.20. The third kappa shape index (κ3) is 2.79. The van der Waals surface area contributed by atoms with Crippen molar-refractivity contribution in [3.05, 3.63) is 21.3 Å². The van der Waals surface area contributed by atoms with Crippen molar-refractivity contribution in [3.8, 4) is 0 Å². The van der Waals surface area contributed by atoms with Crippen LogP contribution in [0.15, 0.2) is 11.4 Å². The molecule has 1 nitrogen and oxygen atoms in total. The van der Waals surface area contributed by atoms with Gasteiger partial charge in [0, 0.05) is 4.88 Å². The normalized spacial score (nSPS) is 26.6. The van der Waals surface area contributed by atoms with Gasteiger partial charge in [-0.1, -0.05) is 30.9 Å². The fraction of sp³-hybridized carbons (Fsp3) is 0.692. The molecule has 0 aromatic carbocycles. The van der Waals surface area contributed by atoms with E-state index in [4.69, 9.17) is 11.6 Å². The average molecular weight is 258 g/mol. The van der Waals surface area contributed by atoms with E-state index in [1.807, 2.05) is 17.4 Å². The van der Waals surface area contributed by atoms with Crippen molar-refractivity contribution >= 4 is 22.9 Å². The van der Waals surface area contributed by atoms with Gasteiger partial charge < -0.3 is 5.32 Å². The maximum atomic E-state index is 6.28. The van der Waals surface area contributed by atoms with Crippen LogP contribution in [0.4, 0.5) is 0 Å². The van der Waals surface area contributed by atoms with Gasteiger partial charge in [-0.15, -0.1) is 11.3 Å². The molecule has 0 spiro atoms. The average Bonchev–Trinajstić information content (AvgIpc) is 2.56. The molecule has 1 fully saturated rings. The van der Waals surface area contributed by atoms with E-state index in [2.05, 4.69) is 17.7 Å². The van der Waals surface area contributed by atoms with Gasteiger partial charge in [0.15, 0.2) is 0 Å². The van der Waals surface area contributed by atoms with Gasteiger partial charge >= 0.3 is 0 Å². The Morgan fingerprint density at radius 1 is 1.38 bits per heavy atom. The van der Waals surface area contributed by atoms with E-state index in [0.717, 1.165) is 17.5 Å². The van der Waals surface area contributed by atoms with Gasteiger partial charge in [-0.2, -0.15) is 0 Å². The summed E-state index contributed by atoms with van der Waals surface area (Å²) in [5, 5.41) is 6.45. The minimum atomic E-state index is 0.683. The van der Waals surface area contributed by atoms with Crippen molar-refractivity contribution in [1.82, 2.24) is 5.32 Å².